The Kier molecular flexibility index (Phi) is 2.53. The number of esters is 1. The summed E-state index contributed by atoms with van der Waals surface area (Å²) in [5.74, 6) is 0.219. The molecule has 0 aromatic carbocycles. The molecule has 2 N–H and O–H groups in total. The van der Waals surface area contributed by atoms with Gasteiger partial charge in [0.25, 0.3) is 0 Å². The number of fused-ring (bicyclic) bond motifs is 2. The quantitative estimate of drug-likeness (QED) is 0.648. The van der Waals surface area contributed by atoms with Crippen LogP contribution in [0.4, 0.5) is 0 Å². The van der Waals surface area contributed by atoms with E-state index in [4.69, 9.17) is 4.74 Å². The van der Waals surface area contributed by atoms with Crippen LogP contribution < -0.4 is 0 Å². The van der Waals surface area contributed by atoms with E-state index in [0.29, 0.717) is 17.8 Å². The first-order valence-electron chi connectivity index (χ1n) is 6.57. The van der Waals surface area contributed by atoms with Crippen molar-refractivity contribution in [3.8, 4) is 0 Å². The molecule has 1 heterocycles. The largest absolute Gasteiger partial charge is 0.423 e. The van der Waals surface area contributed by atoms with Gasteiger partial charge < -0.3 is 14.9 Å². The summed E-state index contributed by atoms with van der Waals surface area (Å²) < 4.78 is 5.23. The highest BCUT2D eigenvalue weighted by Gasteiger charge is 2.48. The zero-order valence-electron chi connectivity index (χ0n) is 11.3. The van der Waals surface area contributed by atoms with Crippen LogP contribution in [-0.2, 0) is 9.53 Å². The van der Waals surface area contributed by atoms with Crippen molar-refractivity contribution in [1.82, 2.24) is 0 Å². The van der Waals surface area contributed by atoms with Gasteiger partial charge in [-0.2, -0.15) is 0 Å². The van der Waals surface area contributed by atoms with Crippen LogP contribution in [0.3, 0.4) is 0 Å². The Hall–Kier alpha value is -1.39. The van der Waals surface area contributed by atoms with Gasteiger partial charge in [-0.25, -0.2) is 4.79 Å². The molecule has 2 aliphatic carbocycles. The van der Waals surface area contributed by atoms with Crippen LogP contribution in [0.25, 0.3) is 0 Å². The van der Waals surface area contributed by atoms with Gasteiger partial charge in [0.1, 0.15) is 5.76 Å². The van der Waals surface area contributed by atoms with E-state index in [0.717, 1.165) is 11.1 Å². The Morgan fingerprint density at radius 2 is 2.11 bits per heavy atom. The van der Waals surface area contributed by atoms with Crippen LogP contribution in [-0.4, -0.2) is 28.4 Å². The lowest BCUT2D eigenvalue weighted by atomic mass is 9.60. The van der Waals surface area contributed by atoms with Crippen LogP contribution >= 0.6 is 0 Å². The smallest absolute Gasteiger partial charge is 0.339 e. The second-order valence-electron chi connectivity index (χ2n) is 5.99. The van der Waals surface area contributed by atoms with Crippen LogP contribution in [0.2, 0.25) is 0 Å². The van der Waals surface area contributed by atoms with Crippen molar-refractivity contribution in [3.63, 3.8) is 0 Å². The van der Waals surface area contributed by atoms with Crippen molar-refractivity contribution in [2.45, 2.75) is 39.4 Å². The average Bonchev–Trinajstić information content (AvgIpc) is 2.62. The lowest BCUT2D eigenvalue weighted by molar-refractivity contribution is -0.133. The number of carbonyl (C=O) groups is 1. The van der Waals surface area contributed by atoms with E-state index in [1.807, 2.05) is 13.0 Å². The fourth-order valence-corrected chi connectivity index (χ4v) is 3.28. The molecule has 0 radical (unpaired) electrons. The Labute approximate surface area is 112 Å². The fraction of sp³-hybridized carbons (Fsp3) is 0.533. The molecule has 0 aromatic rings. The van der Waals surface area contributed by atoms with Gasteiger partial charge in [0.15, 0.2) is 0 Å². The highest BCUT2D eigenvalue weighted by molar-refractivity contribution is 5.94. The summed E-state index contributed by atoms with van der Waals surface area (Å²) in [5, 5.41) is 19.9. The number of ether oxygens (including phenoxy) is 1. The molecule has 19 heavy (non-hydrogen) atoms. The van der Waals surface area contributed by atoms with E-state index in [1.165, 1.54) is 0 Å². The third kappa shape index (κ3) is 1.56. The SMILES string of the molecule is CC1=C2C[C@@]3(C)C(=C[C@@H](O)[C@H](O)[C@@H]3C)C=C2OC1=O. The van der Waals surface area contributed by atoms with Gasteiger partial charge in [0.2, 0.25) is 0 Å². The van der Waals surface area contributed by atoms with Gasteiger partial charge in [0, 0.05) is 16.6 Å². The summed E-state index contributed by atoms with van der Waals surface area (Å²) in [5.41, 5.74) is 2.26. The van der Waals surface area contributed by atoms with E-state index >= 15 is 0 Å². The van der Waals surface area contributed by atoms with Crippen LogP contribution in [0.15, 0.2) is 34.6 Å². The third-order valence-corrected chi connectivity index (χ3v) is 4.97. The monoisotopic (exact) mass is 262 g/mol. The maximum Gasteiger partial charge on any atom is 0.339 e. The summed E-state index contributed by atoms with van der Waals surface area (Å²) in [7, 11) is 0. The maximum atomic E-state index is 11.6. The van der Waals surface area contributed by atoms with Crippen LogP contribution in [0.1, 0.15) is 27.2 Å². The molecule has 102 valence electrons. The number of aliphatic hydroxyl groups is 2. The molecule has 0 saturated carbocycles. The van der Waals surface area contributed by atoms with Crippen molar-refractivity contribution in [1.29, 1.82) is 0 Å². The molecule has 3 rings (SSSR count). The minimum atomic E-state index is -0.862. The molecule has 0 unspecified atom stereocenters. The normalized spacial score (nSPS) is 41.3. The molecular formula is C15H18O4. The summed E-state index contributed by atoms with van der Waals surface area (Å²) in [6, 6.07) is 0. The Bertz CT molecular complexity index is 554. The standard InChI is InChI=1S/C15H18O4/c1-7-10-6-15(3)8(2)13(17)11(16)4-9(15)5-12(10)19-14(7)18/h4-5,8,11,13,16-17H,6H2,1-3H3/t8-,11+,13+,15+/m0/s1. The van der Waals surface area contributed by atoms with Gasteiger partial charge >= 0.3 is 5.97 Å². The first-order chi connectivity index (χ1) is 8.84. The number of hydrogen-bond acceptors (Lipinski definition) is 4. The summed E-state index contributed by atoms with van der Waals surface area (Å²) >= 11 is 0. The van der Waals surface area contributed by atoms with E-state index in [9.17, 15) is 15.0 Å². The average molecular weight is 262 g/mol. The highest BCUT2D eigenvalue weighted by Crippen LogP contribution is 2.53. The second-order valence-corrected chi connectivity index (χ2v) is 5.99. The molecule has 0 amide bonds. The molecule has 0 spiro atoms. The molecular weight excluding hydrogens is 244 g/mol. The minimum Gasteiger partial charge on any atom is -0.423 e. The fourth-order valence-electron chi connectivity index (χ4n) is 3.28. The van der Waals surface area contributed by atoms with Crippen molar-refractivity contribution in [3.05, 3.63) is 34.6 Å². The maximum absolute atomic E-state index is 11.6. The molecule has 4 heteroatoms. The minimum absolute atomic E-state index is 0.0868. The zero-order valence-corrected chi connectivity index (χ0v) is 11.3. The molecule has 0 saturated heterocycles. The van der Waals surface area contributed by atoms with E-state index < -0.39 is 12.2 Å². The van der Waals surface area contributed by atoms with Crippen molar-refractivity contribution in [2.24, 2.45) is 11.3 Å². The van der Waals surface area contributed by atoms with E-state index in [2.05, 4.69) is 6.92 Å². The Balaban J connectivity index is 2.15. The molecule has 0 aromatic heterocycles. The van der Waals surface area contributed by atoms with E-state index in [-0.39, 0.29) is 17.3 Å². The lowest BCUT2D eigenvalue weighted by Crippen LogP contribution is -2.46. The summed E-state index contributed by atoms with van der Waals surface area (Å²) in [4.78, 5) is 11.6. The van der Waals surface area contributed by atoms with Gasteiger partial charge in [-0.3, -0.25) is 0 Å². The molecule has 0 bridgehead atoms. The van der Waals surface area contributed by atoms with Crippen LogP contribution in [0, 0.1) is 11.3 Å². The summed E-state index contributed by atoms with van der Waals surface area (Å²) in [6.45, 7) is 5.78. The third-order valence-electron chi connectivity index (χ3n) is 4.97. The Morgan fingerprint density at radius 3 is 2.79 bits per heavy atom. The van der Waals surface area contributed by atoms with E-state index in [1.54, 1.807) is 13.0 Å². The zero-order chi connectivity index (χ0) is 13.9. The second kappa shape index (κ2) is 3.81. The predicted octanol–water partition coefficient (Wildman–Crippen LogP) is 1.45. The first kappa shape index (κ1) is 12.6. The predicted molar refractivity (Wildman–Crippen MR) is 68.9 cm³/mol. The number of aliphatic hydroxyl groups excluding tert-OH is 2. The topological polar surface area (TPSA) is 66.8 Å². The van der Waals surface area contributed by atoms with Gasteiger partial charge in [-0.05, 0) is 37.0 Å². The van der Waals surface area contributed by atoms with Crippen molar-refractivity contribution >= 4 is 5.97 Å². The highest BCUT2D eigenvalue weighted by atomic mass is 16.5. The molecule has 1 aliphatic heterocycles. The van der Waals surface area contributed by atoms with Gasteiger partial charge in [-0.1, -0.05) is 13.8 Å². The molecule has 3 aliphatic rings. The molecule has 4 atom stereocenters. The number of rotatable bonds is 0. The first-order valence-corrected chi connectivity index (χ1v) is 6.57. The van der Waals surface area contributed by atoms with Gasteiger partial charge in [0.05, 0.1) is 12.2 Å². The van der Waals surface area contributed by atoms with Gasteiger partial charge in [-0.15, -0.1) is 0 Å². The summed E-state index contributed by atoms with van der Waals surface area (Å²) in [6.07, 6.45) is 2.53. The van der Waals surface area contributed by atoms with Crippen LogP contribution in [0.5, 0.6) is 0 Å². The number of allylic oxidation sites excluding steroid dienone is 3. The number of hydrogen-bond donors (Lipinski definition) is 2. The van der Waals surface area contributed by atoms with Crippen molar-refractivity contribution in [2.75, 3.05) is 0 Å². The Morgan fingerprint density at radius 1 is 1.42 bits per heavy atom. The van der Waals surface area contributed by atoms with Crippen molar-refractivity contribution < 1.29 is 19.7 Å². The lowest BCUT2D eigenvalue weighted by Gasteiger charge is -2.46. The molecule has 4 nitrogen and oxygen atoms in total. The molecule has 0 fully saturated rings. The number of carbonyl (C=O) groups excluding carboxylic acids is 1.